The molecule has 0 saturated heterocycles. The smallest absolute Gasteiger partial charge is 0.341 e. The molecule has 1 heterocycles. The molecule has 7 heteroatoms. The molecular formula is C19H26O5SSi. The second-order valence-corrected chi connectivity index (χ2v) is 13.4. The van der Waals surface area contributed by atoms with E-state index in [2.05, 4.69) is 19.6 Å². The molecule has 0 aliphatic carbocycles. The van der Waals surface area contributed by atoms with Gasteiger partial charge in [-0.1, -0.05) is 19.6 Å². The summed E-state index contributed by atoms with van der Waals surface area (Å²) < 4.78 is 22.3. The lowest BCUT2D eigenvalue weighted by Crippen LogP contribution is -2.23. The summed E-state index contributed by atoms with van der Waals surface area (Å²) in [6.07, 6.45) is 0. The van der Waals surface area contributed by atoms with Crippen molar-refractivity contribution < 1.29 is 23.7 Å². The minimum Gasteiger partial charge on any atom is -0.490 e. The highest BCUT2D eigenvalue weighted by Gasteiger charge is 2.23. The molecule has 0 amide bonds. The monoisotopic (exact) mass is 394 g/mol. The van der Waals surface area contributed by atoms with E-state index in [4.69, 9.17) is 18.9 Å². The molecule has 0 fully saturated rings. The third-order valence-corrected chi connectivity index (χ3v) is 6.19. The minimum absolute atomic E-state index is 0.336. The average molecular weight is 395 g/mol. The summed E-state index contributed by atoms with van der Waals surface area (Å²) in [6, 6.07) is 6.34. The second kappa shape index (κ2) is 9.09. The van der Waals surface area contributed by atoms with Crippen LogP contribution in [0.3, 0.4) is 0 Å². The molecule has 26 heavy (non-hydrogen) atoms. The van der Waals surface area contributed by atoms with Crippen LogP contribution in [0.4, 0.5) is 0 Å². The van der Waals surface area contributed by atoms with Crippen molar-refractivity contribution in [2.24, 2.45) is 0 Å². The quantitative estimate of drug-likeness (QED) is 0.450. The van der Waals surface area contributed by atoms with Crippen LogP contribution < -0.4 is 14.2 Å². The third kappa shape index (κ3) is 5.50. The molecular weight excluding hydrogens is 368 g/mol. The highest BCUT2D eigenvalue weighted by Crippen LogP contribution is 2.41. The predicted octanol–water partition coefficient (Wildman–Crippen LogP) is 4.84. The van der Waals surface area contributed by atoms with E-state index in [9.17, 15) is 4.79 Å². The maximum Gasteiger partial charge on any atom is 0.341 e. The number of methoxy groups -OCH3 is 2. The van der Waals surface area contributed by atoms with Crippen molar-refractivity contribution in [3.8, 4) is 17.2 Å². The van der Waals surface area contributed by atoms with Crippen molar-refractivity contribution in [3.63, 3.8) is 0 Å². The minimum atomic E-state index is -1.27. The number of esters is 1. The van der Waals surface area contributed by atoms with E-state index >= 15 is 0 Å². The number of thiophene rings is 1. The molecule has 0 radical (unpaired) electrons. The van der Waals surface area contributed by atoms with Crippen LogP contribution in [0.15, 0.2) is 29.0 Å². The summed E-state index contributed by atoms with van der Waals surface area (Å²) in [5.74, 6) is 0.865. The molecule has 0 spiro atoms. The van der Waals surface area contributed by atoms with E-state index in [1.54, 1.807) is 30.6 Å². The predicted molar refractivity (Wildman–Crippen MR) is 107 cm³/mol. The van der Waals surface area contributed by atoms with Crippen molar-refractivity contribution in [1.82, 2.24) is 0 Å². The molecule has 2 rings (SSSR count). The molecule has 1 aromatic heterocycles. The molecule has 0 atom stereocenters. The number of ether oxygens (including phenoxy) is 4. The Hall–Kier alpha value is -1.99. The van der Waals surface area contributed by atoms with Gasteiger partial charge in [-0.05, 0) is 40.6 Å². The molecule has 0 aliphatic rings. The standard InChI is InChI=1S/C19H26O5SSi/c1-21-18-16(24-12-14-8-10-25-13-14)7-6-15(19(20)22-2)17(18)23-9-11-26(3,4)5/h6-8,10,13H,9,11-12H2,1-5H3. The van der Waals surface area contributed by atoms with Gasteiger partial charge in [0.05, 0.1) is 20.8 Å². The van der Waals surface area contributed by atoms with Crippen LogP contribution in [0.5, 0.6) is 17.2 Å². The van der Waals surface area contributed by atoms with Gasteiger partial charge in [-0.25, -0.2) is 4.79 Å². The van der Waals surface area contributed by atoms with E-state index in [0.29, 0.717) is 36.0 Å². The Labute approximate surface area is 159 Å². The zero-order valence-electron chi connectivity index (χ0n) is 16.0. The van der Waals surface area contributed by atoms with Crippen LogP contribution in [0.1, 0.15) is 15.9 Å². The van der Waals surface area contributed by atoms with Crippen LogP contribution in [0.2, 0.25) is 25.7 Å². The van der Waals surface area contributed by atoms with Gasteiger partial charge >= 0.3 is 5.97 Å². The number of carbonyl (C=O) groups excluding carboxylic acids is 1. The van der Waals surface area contributed by atoms with Crippen LogP contribution in [0.25, 0.3) is 0 Å². The first-order valence-electron chi connectivity index (χ1n) is 8.41. The van der Waals surface area contributed by atoms with Crippen LogP contribution >= 0.6 is 11.3 Å². The second-order valence-electron chi connectivity index (χ2n) is 7.04. The average Bonchev–Trinajstić information content (AvgIpc) is 3.11. The maximum absolute atomic E-state index is 12.1. The number of hydrogen-bond acceptors (Lipinski definition) is 6. The molecule has 5 nitrogen and oxygen atoms in total. The normalized spacial score (nSPS) is 11.1. The van der Waals surface area contributed by atoms with Crippen molar-refractivity contribution in [3.05, 3.63) is 40.1 Å². The summed E-state index contributed by atoms with van der Waals surface area (Å²) in [5.41, 5.74) is 1.41. The van der Waals surface area contributed by atoms with E-state index in [1.165, 1.54) is 7.11 Å². The summed E-state index contributed by atoms with van der Waals surface area (Å²) in [5, 5.41) is 4.03. The first-order valence-corrected chi connectivity index (χ1v) is 13.1. The third-order valence-electron chi connectivity index (χ3n) is 3.76. The highest BCUT2D eigenvalue weighted by atomic mass is 32.1. The number of benzene rings is 1. The van der Waals surface area contributed by atoms with E-state index in [0.717, 1.165) is 11.6 Å². The molecule has 0 bridgehead atoms. The summed E-state index contributed by atoms with van der Waals surface area (Å²) in [7, 11) is 1.62. The molecule has 1 aromatic carbocycles. The van der Waals surface area contributed by atoms with Gasteiger partial charge in [0, 0.05) is 8.07 Å². The lowest BCUT2D eigenvalue weighted by molar-refractivity contribution is 0.0595. The first kappa shape index (κ1) is 20.3. The van der Waals surface area contributed by atoms with Gasteiger partial charge in [-0.2, -0.15) is 11.3 Å². The fraction of sp³-hybridized carbons (Fsp3) is 0.421. The van der Waals surface area contributed by atoms with Crippen molar-refractivity contribution >= 4 is 25.4 Å². The maximum atomic E-state index is 12.1. The van der Waals surface area contributed by atoms with Gasteiger partial charge < -0.3 is 18.9 Å². The Kier molecular flexibility index (Phi) is 7.11. The topological polar surface area (TPSA) is 54.0 Å². The summed E-state index contributed by atoms with van der Waals surface area (Å²) in [4.78, 5) is 12.1. The fourth-order valence-corrected chi connectivity index (χ4v) is 3.63. The van der Waals surface area contributed by atoms with Gasteiger partial charge in [0.25, 0.3) is 0 Å². The Bertz CT molecular complexity index is 722. The molecule has 0 saturated carbocycles. The first-order chi connectivity index (χ1) is 12.4. The number of carbonyl (C=O) groups is 1. The molecule has 0 unspecified atom stereocenters. The largest absolute Gasteiger partial charge is 0.490 e. The molecule has 2 aromatic rings. The van der Waals surface area contributed by atoms with Gasteiger partial charge in [0.2, 0.25) is 5.75 Å². The lowest BCUT2D eigenvalue weighted by Gasteiger charge is -2.20. The van der Waals surface area contributed by atoms with E-state index in [-0.39, 0.29) is 0 Å². The Morgan fingerprint density at radius 2 is 1.85 bits per heavy atom. The number of hydrogen-bond donors (Lipinski definition) is 0. The van der Waals surface area contributed by atoms with Gasteiger partial charge in [-0.15, -0.1) is 0 Å². The fourth-order valence-electron chi connectivity index (χ4n) is 2.26. The highest BCUT2D eigenvalue weighted by molar-refractivity contribution is 7.07. The van der Waals surface area contributed by atoms with Gasteiger partial charge in [0.15, 0.2) is 11.5 Å². The molecule has 0 N–H and O–H groups in total. The van der Waals surface area contributed by atoms with Crippen LogP contribution in [-0.2, 0) is 11.3 Å². The van der Waals surface area contributed by atoms with Crippen LogP contribution in [0, 0.1) is 0 Å². The van der Waals surface area contributed by atoms with Crippen molar-refractivity contribution in [1.29, 1.82) is 0 Å². The van der Waals surface area contributed by atoms with E-state index < -0.39 is 14.0 Å². The Morgan fingerprint density at radius 3 is 2.42 bits per heavy atom. The van der Waals surface area contributed by atoms with E-state index in [1.807, 2.05) is 16.8 Å². The zero-order valence-corrected chi connectivity index (χ0v) is 17.8. The SMILES string of the molecule is COC(=O)c1ccc(OCc2ccsc2)c(OC)c1OCC[Si](C)(C)C. The zero-order chi connectivity index (χ0) is 19.2. The van der Waals surface area contributed by atoms with Gasteiger partial charge in [-0.3, -0.25) is 0 Å². The Morgan fingerprint density at radius 1 is 1.08 bits per heavy atom. The Balaban J connectivity index is 2.28. The number of rotatable bonds is 9. The molecule has 142 valence electrons. The molecule has 0 aliphatic heterocycles. The summed E-state index contributed by atoms with van der Waals surface area (Å²) >= 11 is 1.62. The van der Waals surface area contributed by atoms with Crippen molar-refractivity contribution in [2.75, 3.05) is 20.8 Å². The lowest BCUT2D eigenvalue weighted by atomic mass is 10.1. The summed E-state index contributed by atoms with van der Waals surface area (Å²) in [6.45, 7) is 7.76. The van der Waals surface area contributed by atoms with Crippen molar-refractivity contribution in [2.45, 2.75) is 32.3 Å². The van der Waals surface area contributed by atoms with Gasteiger partial charge in [0.1, 0.15) is 12.2 Å². The van der Waals surface area contributed by atoms with Crippen LogP contribution in [-0.4, -0.2) is 34.9 Å².